The molecule has 2 unspecified atom stereocenters. The molecule has 3 N–H and O–H groups in total. The first-order valence-corrected chi connectivity index (χ1v) is 9.80. The second-order valence-electron chi connectivity index (χ2n) is 8.69. The van der Waals surface area contributed by atoms with Crippen molar-refractivity contribution in [1.82, 2.24) is 15.5 Å². The molecule has 0 radical (unpaired) electrons. The zero-order valence-electron chi connectivity index (χ0n) is 16.5. The van der Waals surface area contributed by atoms with Crippen molar-refractivity contribution in [2.24, 2.45) is 17.1 Å². The topological polar surface area (TPSA) is 94.0 Å². The van der Waals surface area contributed by atoms with Crippen LogP contribution in [0.1, 0.15) is 62.7 Å². The molecule has 1 aromatic heterocycles. The van der Waals surface area contributed by atoms with Crippen LogP contribution in [-0.2, 0) is 6.42 Å². The summed E-state index contributed by atoms with van der Waals surface area (Å²) in [7, 11) is 0. The van der Waals surface area contributed by atoms with Crippen molar-refractivity contribution in [3.63, 3.8) is 0 Å². The number of nitrogens with two attached hydrogens (primary N) is 1. The van der Waals surface area contributed by atoms with E-state index < -0.39 is 0 Å². The number of aromatic nitrogens is 2. The van der Waals surface area contributed by atoms with Crippen LogP contribution in [0.5, 0.6) is 0 Å². The van der Waals surface area contributed by atoms with E-state index in [2.05, 4.69) is 36.2 Å². The Kier molecular flexibility index (Phi) is 5.95. The van der Waals surface area contributed by atoms with E-state index in [1.54, 1.807) is 0 Å². The van der Waals surface area contributed by atoms with E-state index in [1.165, 1.54) is 6.42 Å². The molecule has 1 amide bonds. The lowest BCUT2D eigenvalue weighted by molar-refractivity contribution is 0.0908. The predicted molar refractivity (Wildman–Crippen MR) is 105 cm³/mol. The van der Waals surface area contributed by atoms with Crippen LogP contribution in [0, 0.1) is 11.3 Å². The monoisotopic (exact) mass is 370 g/mol. The van der Waals surface area contributed by atoms with E-state index in [4.69, 9.17) is 10.3 Å². The van der Waals surface area contributed by atoms with Gasteiger partial charge in [0.05, 0.1) is 0 Å². The van der Waals surface area contributed by atoms with E-state index in [0.717, 1.165) is 24.8 Å². The van der Waals surface area contributed by atoms with Crippen LogP contribution in [0.25, 0.3) is 11.4 Å². The van der Waals surface area contributed by atoms with Crippen molar-refractivity contribution in [3.05, 3.63) is 35.7 Å². The quantitative estimate of drug-likeness (QED) is 0.839. The lowest BCUT2D eigenvalue weighted by atomic mass is 9.84. The molecule has 1 saturated carbocycles. The highest BCUT2D eigenvalue weighted by molar-refractivity contribution is 5.95. The average Bonchev–Trinajstić information content (AvgIpc) is 3.09. The van der Waals surface area contributed by atoms with Gasteiger partial charge >= 0.3 is 0 Å². The Labute approximate surface area is 160 Å². The minimum atomic E-state index is -0.0689. The fourth-order valence-corrected chi connectivity index (χ4v) is 3.63. The number of nitrogens with one attached hydrogen (secondary N) is 1. The van der Waals surface area contributed by atoms with Gasteiger partial charge in [0.1, 0.15) is 0 Å². The van der Waals surface area contributed by atoms with Gasteiger partial charge in [-0.05, 0) is 42.9 Å². The summed E-state index contributed by atoms with van der Waals surface area (Å²) in [5, 5.41) is 7.25. The molecular formula is C21H30N4O2. The number of hydrogen-bond acceptors (Lipinski definition) is 5. The molecule has 6 nitrogen and oxygen atoms in total. The van der Waals surface area contributed by atoms with Crippen LogP contribution in [0.4, 0.5) is 0 Å². The molecule has 1 heterocycles. The lowest BCUT2D eigenvalue weighted by Gasteiger charge is -2.31. The number of amides is 1. The van der Waals surface area contributed by atoms with Gasteiger partial charge < -0.3 is 15.6 Å². The van der Waals surface area contributed by atoms with Crippen molar-refractivity contribution in [1.29, 1.82) is 0 Å². The Morgan fingerprint density at radius 2 is 2.07 bits per heavy atom. The predicted octanol–water partition coefficient (Wildman–Crippen LogP) is 3.57. The maximum atomic E-state index is 12.7. The number of nitrogens with zero attached hydrogens (tertiary/aromatic N) is 2. The molecule has 1 aliphatic carbocycles. The van der Waals surface area contributed by atoms with E-state index in [-0.39, 0.29) is 17.4 Å². The summed E-state index contributed by atoms with van der Waals surface area (Å²) in [6, 6.07) is 7.54. The summed E-state index contributed by atoms with van der Waals surface area (Å²) in [6.07, 6.45) is 5.12. The molecule has 27 heavy (non-hydrogen) atoms. The zero-order chi connectivity index (χ0) is 19.4. The van der Waals surface area contributed by atoms with Gasteiger partial charge in [-0.3, -0.25) is 4.79 Å². The van der Waals surface area contributed by atoms with Crippen LogP contribution in [0.2, 0.25) is 0 Å². The molecular weight excluding hydrogens is 340 g/mol. The number of benzene rings is 1. The van der Waals surface area contributed by atoms with Crippen LogP contribution < -0.4 is 11.1 Å². The SMILES string of the molecule is CC(C)(C)Cc1nc(-c2cccc(C(=O)NC3CCCCC3CN)c2)no1. The molecule has 2 atom stereocenters. The summed E-state index contributed by atoms with van der Waals surface area (Å²) < 4.78 is 5.37. The Balaban J connectivity index is 1.72. The molecule has 0 spiro atoms. The largest absolute Gasteiger partial charge is 0.349 e. The smallest absolute Gasteiger partial charge is 0.251 e. The van der Waals surface area contributed by atoms with Crippen LogP contribution in [0.15, 0.2) is 28.8 Å². The van der Waals surface area contributed by atoms with Crippen molar-refractivity contribution in [2.75, 3.05) is 6.54 Å². The van der Waals surface area contributed by atoms with Gasteiger partial charge in [0, 0.05) is 23.6 Å². The molecule has 146 valence electrons. The summed E-state index contributed by atoms with van der Waals surface area (Å²) in [6.45, 7) is 7.00. The molecule has 0 bridgehead atoms. The van der Waals surface area contributed by atoms with Crippen LogP contribution >= 0.6 is 0 Å². The average molecular weight is 370 g/mol. The van der Waals surface area contributed by atoms with Gasteiger partial charge in [0.2, 0.25) is 11.7 Å². The zero-order valence-corrected chi connectivity index (χ0v) is 16.5. The standard InChI is InChI=1S/C21H30N4O2/c1-21(2,3)12-18-24-19(25-27-18)14-8-6-9-15(11-14)20(26)23-17-10-5-4-7-16(17)13-22/h6,8-9,11,16-17H,4-5,7,10,12-13,22H2,1-3H3,(H,23,26). The molecule has 1 aliphatic rings. The molecule has 1 aromatic carbocycles. The van der Waals surface area contributed by atoms with Crippen molar-refractivity contribution in [2.45, 2.75) is 58.9 Å². The highest BCUT2D eigenvalue weighted by atomic mass is 16.5. The lowest BCUT2D eigenvalue weighted by Crippen LogP contribution is -2.44. The number of carbonyl (C=O) groups is 1. The van der Waals surface area contributed by atoms with E-state index in [9.17, 15) is 4.79 Å². The Hall–Kier alpha value is -2.21. The van der Waals surface area contributed by atoms with Crippen molar-refractivity contribution in [3.8, 4) is 11.4 Å². The number of hydrogen-bond donors (Lipinski definition) is 2. The van der Waals surface area contributed by atoms with Gasteiger partial charge in [-0.1, -0.05) is 50.9 Å². The first kappa shape index (κ1) is 19.5. The third-order valence-electron chi connectivity index (χ3n) is 5.06. The van der Waals surface area contributed by atoms with E-state index in [0.29, 0.717) is 36.2 Å². The summed E-state index contributed by atoms with van der Waals surface area (Å²) in [4.78, 5) is 17.2. The number of rotatable bonds is 5. The van der Waals surface area contributed by atoms with Crippen molar-refractivity contribution >= 4 is 5.91 Å². The second kappa shape index (κ2) is 8.21. The third-order valence-corrected chi connectivity index (χ3v) is 5.06. The summed E-state index contributed by atoms with van der Waals surface area (Å²) >= 11 is 0. The van der Waals surface area contributed by atoms with Crippen LogP contribution in [0.3, 0.4) is 0 Å². The van der Waals surface area contributed by atoms with Gasteiger partial charge in [0.25, 0.3) is 5.91 Å². The summed E-state index contributed by atoms with van der Waals surface area (Å²) in [5.74, 6) is 1.42. The van der Waals surface area contributed by atoms with Crippen molar-refractivity contribution < 1.29 is 9.32 Å². The normalized spacial score (nSPS) is 20.4. The minimum Gasteiger partial charge on any atom is -0.349 e. The van der Waals surface area contributed by atoms with Gasteiger partial charge in [-0.2, -0.15) is 4.98 Å². The van der Waals surface area contributed by atoms with E-state index >= 15 is 0 Å². The fourth-order valence-electron chi connectivity index (χ4n) is 3.63. The third kappa shape index (κ3) is 5.16. The minimum absolute atomic E-state index is 0.0689. The molecule has 0 aliphatic heterocycles. The molecule has 6 heteroatoms. The first-order chi connectivity index (χ1) is 12.9. The summed E-state index contributed by atoms with van der Waals surface area (Å²) in [5.41, 5.74) is 7.34. The first-order valence-electron chi connectivity index (χ1n) is 9.80. The van der Waals surface area contributed by atoms with E-state index in [1.807, 2.05) is 24.3 Å². The highest BCUT2D eigenvalue weighted by Crippen LogP contribution is 2.25. The number of carbonyl (C=O) groups excluding carboxylic acids is 1. The Morgan fingerprint density at radius 3 is 2.81 bits per heavy atom. The molecule has 1 fully saturated rings. The molecule has 3 rings (SSSR count). The maximum Gasteiger partial charge on any atom is 0.251 e. The Morgan fingerprint density at radius 1 is 1.30 bits per heavy atom. The second-order valence-corrected chi connectivity index (χ2v) is 8.69. The van der Waals surface area contributed by atoms with Gasteiger partial charge in [-0.25, -0.2) is 0 Å². The highest BCUT2D eigenvalue weighted by Gasteiger charge is 2.26. The molecule has 2 aromatic rings. The fraction of sp³-hybridized carbons (Fsp3) is 0.571. The van der Waals surface area contributed by atoms with Crippen LogP contribution in [-0.4, -0.2) is 28.6 Å². The van der Waals surface area contributed by atoms with Gasteiger partial charge in [-0.15, -0.1) is 0 Å². The Bertz CT molecular complexity index is 778. The maximum absolute atomic E-state index is 12.7. The van der Waals surface area contributed by atoms with Gasteiger partial charge in [0.15, 0.2) is 0 Å². The molecule has 0 saturated heterocycles.